The fourth-order valence-electron chi connectivity index (χ4n) is 1.98. The van der Waals surface area contributed by atoms with Crippen LogP contribution in [0, 0.1) is 5.92 Å². The van der Waals surface area contributed by atoms with E-state index in [1.54, 1.807) is 4.68 Å². The monoisotopic (exact) mass is 305 g/mol. The Morgan fingerprint density at radius 3 is 2.71 bits per heavy atom. The van der Waals surface area contributed by atoms with Crippen LogP contribution in [0.25, 0.3) is 0 Å². The molecule has 1 atom stereocenters. The molecule has 114 valence electrons. The lowest BCUT2D eigenvalue weighted by molar-refractivity contribution is 0.269. The smallest absolute Gasteiger partial charge is 0.0729 e. The van der Waals surface area contributed by atoms with Crippen molar-refractivity contribution < 1.29 is 5.11 Å². The van der Waals surface area contributed by atoms with E-state index in [4.69, 9.17) is 5.11 Å². The van der Waals surface area contributed by atoms with Gasteiger partial charge < -0.3 is 10.4 Å². The van der Waals surface area contributed by atoms with Crippen molar-refractivity contribution in [2.24, 2.45) is 5.92 Å². The van der Waals surface area contributed by atoms with Gasteiger partial charge in [0.05, 0.1) is 25.0 Å². The van der Waals surface area contributed by atoms with Crippen LogP contribution in [0.5, 0.6) is 0 Å². The predicted molar refractivity (Wildman–Crippen MR) is 88.7 cm³/mol. The van der Waals surface area contributed by atoms with Crippen molar-refractivity contribution in [1.29, 1.82) is 0 Å². The Kier molecular flexibility index (Phi) is 6.14. The predicted octanol–water partition coefficient (Wildman–Crippen LogP) is 3.10. The van der Waals surface area contributed by atoms with E-state index in [1.807, 2.05) is 30.2 Å². The van der Waals surface area contributed by atoms with Gasteiger partial charge in [0, 0.05) is 22.9 Å². The number of rotatable bonds is 8. The van der Waals surface area contributed by atoms with E-state index in [2.05, 4.69) is 48.5 Å². The summed E-state index contributed by atoms with van der Waals surface area (Å²) in [7, 11) is 0. The number of thioether (sulfide) groups is 1. The summed E-state index contributed by atoms with van der Waals surface area (Å²) < 4.78 is 1.75. The first-order valence-corrected chi connectivity index (χ1v) is 8.25. The molecule has 0 bridgehead atoms. The van der Waals surface area contributed by atoms with Gasteiger partial charge in [-0.3, -0.25) is 4.68 Å². The summed E-state index contributed by atoms with van der Waals surface area (Å²) in [6.45, 7) is 5.09. The van der Waals surface area contributed by atoms with Crippen LogP contribution in [0.15, 0.2) is 47.6 Å². The average Bonchev–Trinajstić information content (AvgIpc) is 2.92. The standard InChI is InChI=1S/C16H23N3OS/c1-13(2)16(12-21-15-6-4-3-5-7-15)18-14-10-17-19(11-14)8-9-20/h3-7,10-11,13,16,18,20H,8-9,12H2,1-2H3. The van der Waals surface area contributed by atoms with Gasteiger partial charge in [0.25, 0.3) is 0 Å². The number of aromatic nitrogens is 2. The molecular weight excluding hydrogens is 282 g/mol. The van der Waals surface area contributed by atoms with Gasteiger partial charge in [0.2, 0.25) is 0 Å². The summed E-state index contributed by atoms with van der Waals surface area (Å²) in [4.78, 5) is 1.29. The Bertz CT molecular complexity index is 527. The van der Waals surface area contributed by atoms with Crippen LogP contribution in [0.1, 0.15) is 13.8 Å². The van der Waals surface area contributed by atoms with Crippen molar-refractivity contribution in [3.05, 3.63) is 42.7 Å². The molecule has 0 saturated heterocycles. The maximum Gasteiger partial charge on any atom is 0.0729 e. The fourth-order valence-corrected chi connectivity index (χ4v) is 3.17. The van der Waals surface area contributed by atoms with Gasteiger partial charge in [-0.15, -0.1) is 11.8 Å². The topological polar surface area (TPSA) is 50.1 Å². The Morgan fingerprint density at radius 2 is 2.05 bits per heavy atom. The molecule has 5 heteroatoms. The molecule has 0 aliphatic heterocycles. The van der Waals surface area contributed by atoms with Crippen LogP contribution >= 0.6 is 11.8 Å². The number of nitrogens with one attached hydrogen (secondary N) is 1. The van der Waals surface area contributed by atoms with Gasteiger partial charge in [-0.05, 0) is 18.1 Å². The molecule has 2 aromatic rings. The third-order valence-corrected chi connectivity index (χ3v) is 4.42. The molecule has 2 N–H and O–H groups in total. The van der Waals surface area contributed by atoms with Gasteiger partial charge in [0.15, 0.2) is 0 Å². The van der Waals surface area contributed by atoms with E-state index < -0.39 is 0 Å². The van der Waals surface area contributed by atoms with Gasteiger partial charge in [-0.1, -0.05) is 32.0 Å². The number of anilines is 1. The van der Waals surface area contributed by atoms with E-state index in [0.717, 1.165) is 11.4 Å². The summed E-state index contributed by atoms with van der Waals surface area (Å²) in [6, 6.07) is 10.8. The number of aliphatic hydroxyl groups is 1. The zero-order valence-corrected chi connectivity index (χ0v) is 13.4. The third-order valence-electron chi connectivity index (χ3n) is 3.29. The van der Waals surface area contributed by atoms with E-state index >= 15 is 0 Å². The van der Waals surface area contributed by atoms with Crippen LogP contribution < -0.4 is 5.32 Å². The Balaban J connectivity index is 1.92. The summed E-state index contributed by atoms with van der Waals surface area (Å²) in [5.41, 5.74) is 1.01. The summed E-state index contributed by atoms with van der Waals surface area (Å²) >= 11 is 1.86. The van der Waals surface area contributed by atoms with Crippen LogP contribution in [0.3, 0.4) is 0 Å². The highest BCUT2D eigenvalue weighted by Gasteiger charge is 2.14. The highest BCUT2D eigenvalue weighted by atomic mass is 32.2. The molecule has 4 nitrogen and oxygen atoms in total. The molecule has 0 aliphatic rings. The molecule has 0 fully saturated rings. The average molecular weight is 305 g/mol. The van der Waals surface area contributed by atoms with Crippen molar-refractivity contribution in [2.45, 2.75) is 31.3 Å². The maximum absolute atomic E-state index is 8.92. The lowest BCUT2D eigenvalue weighted by Crippen LogP contribution is -2.28. The number of hydrogen-bond acceptors (Lipinski definition) is 4. The van der Waals surface area contributed by atoms with E-state index in [1.165, 1.54) is 4.90 Å². The number of aliphatic hydroxyl groups excluding tert-OH is 1. The molecular formula is C16H23N3OS. The van der Waals surface area contributed by atoms with E-state index in [-0.39, 0.29) is 6.61 Å². The Hall–Kier alpha value is -1.46. The minimum atomic E-state index is 0.110. The third kappa shape index (κ3) is 5.10. The molecule has 1 unspecified atom stereocenters. The largest absolute Gasteiger partial charge is 0.394 e. The van der Waals surface area contributed by atoms with Gasteiger partial charge in [-0.2, -0.15) is 5.10 Å². The van der Waals surface area contributed by atoms with Crippen molar-refractivity contribution in [3.8, 4) is 0 Å². The normalized spacial score (nSPS) is 12.6. The summed E-state index contributed by atoms with van der Waals surface area (Å²) in [6.07, 6.45) is 3.76. The number of benzene rings is 1. The van der Waals surface area contributed by atoms with Gasteiger partial charge >= 0.3 is 0 Å². The molecule has 0 aliphatic carbocycles. The first-order valence-electron chi connectivity index (χ1n) is 7.26. The molecule has 21 heavy (non-hydrogen) atoms. The molecule has 0 spiro atoms. The zero-order valence-electron chi connectivity index (χ0n) is 12.6. The lowest BCUT2D eigenvalue weighted by atomic mass is 10.1. The lowest BCUT2D eigenvalue weighted by Gasteiger charge is -2.22. The van der Waals surface area contributed by atoms with Crippen molar-refractivity contribution in [2.75, 3.05) is 17.7 Å². The van der Waals surface area contributed by atoms with Crippen molar-refractivity contribution in [1.82, 2.24) is 9.78 Å². The Morgan fingerprint density at radius 1 is 1.29 bits per heavy atom. The van der Waals surface area contributed by atoms with Crippen LogP contribution in [-0.2, 0) is 6.54 Å². The van der Waals surface area contributed by atoms with Gasteiger partial charge in [0.1, 0.15) is 0 Å². The fraction of sp³-hybridized carbons (Fsp3) is 0.438. The molecule has 0 saturated carbocycles. The van der Waals surface area contributed by atoms with Gasteiger partial charge in [-0.25, -0.2) is 0 Å². The molecule has 0 radical (unpaired) electrons. The minimum absolute atomic E-state index is 0.110. The van der Waals surface area contributed by atoms with Crippen LogP contribution in [0.4, 0.5) is 5.69 Å². The maximum atomic E-state index is 8.92. The SMILES string of the molecule is CC(C)C(CSc1ccccc1)Nc1cnn(CCO)c1. The number of nitrogens with zero attached hydrogens (tertiary/aromatic N) is 2. The second-order valence-corrected chi connectivity index (χ2v) is 6.43. The number of hydrogen-bond donors (Lipinski definition) is 2. The quantitative estimate of drug-likeness (QED) is 0.736. The summed E-state index contributed by atoms with van der Waals surface area (Å²) in [5, 5.41) is 16.7. The van der Waals surface area contributed by atoms with Crippen LogP contribution in [0.2, 0.25) is 0 Å². The minimum Gasteiger partial charge on any atom is -0.394 e. The molecule has 0 amide bonds. The first kappa shape index (κ1) is 15.9. The Labute approximate surface area is 130 Å². The molecule has 1 heterocycles. The van der Waals surface area contributed by atoms with Crippen LogP contribution in [-0.4, -0.2) is 33.3 Å². The second-order valence-electron chi connectivity index (χ2n) is 5.33. The van der Waals surface area contributed by atoms with Crippen molar-refractivity contribution >= 4 is 17.4 Å². The molecule has 2 rings (SSSR count). The zero-order chi connectivity index (χ0) is 15.1. The van der Waals surface area contributed by atoms with E-state index in [9.17, 15) is 0 Å². The van der Waals surface area contributed by atoms with Crippen molar-refractivity contribution in [3.63, 3.8) is 0 Å². The highest BCUT2D eigenvalue weighted by molar-refractivity contribution is 7.99. The molecule has 1 aromatic heterocycles. The highest BCUT2D eigenvalue weighted by Crippen LogP contribution is 2.22. The van der Waals surface area contributed by atoms with E-state index in [0.29, 0.717) is 18.5 Å². The molecule has 1 aromatic carbocycles. The summed E-state index contributed by atoms with van der Waals surface area (Å²) in [5.74, 6) is 1.54. The second kappa shape index (κ2) is 8.10. The first-order chi connectivity index (χ1) is 10.2.